The molecule has 0 amide bonds. The van der Waals surface area contributed by atoms with E-state index in [0.717, 1.165) is 38.5 Å². The molecule has 2 N–H and O–H groups in total. The van der Waals surface area contributed by atoms with Crippen molar-refractivity contribution in [2.45, 2.75) is 104 Å². The number of hydrogen-bond acceptors (Lipinski definition) is 2. The summed E-state index contributed by atoms with van der Waals surface area (Å²) < 4.78 is 0. The van der Waals surface area contributed by atoms with Crippen molar-refractivity contribution in [2.24, 2.45) is 5.41 Å². The summed E-state index contributed by atoms with van der Waals surface area (Å²) in [4.78, 5) is 0. The van der Waals surface area contributed by atoms with E-state index in [9.17, 15) is 10.2 Å². The minimum Gasteiger partial charge on any atom is -0.393 e. The zero-order valence-corrected chi connectivity index (χ0v) is 13.6. The molecule has 2 heteroatoms. The monoisotopic (exact) mass is 272 g/mol. The Labute approximate surface area is 120 Å². The molecule has 2 nitrogen and oxygen atoms in total. The summed E-state index contributed by atoms with van der Waals surface area (Å²) >= 11 is 0. The molecule has 0 aromatic carbocycles. The maximum absolute atomic E-state index is 9.63. The van der Waals surface area contributed by atoms with Crippen molar-refractivity contribution in [2.75, 3.05) is 0 Å². The fourth-order valence-corrected chi connectivity index (χ4v) is 2.92. The Bertz CT molecular complexity index is 187. The summed E-state index contributed by atoms with van der Waals surface area (Å²) in [6.45, 7) is 8.72. The van der Waals surface area contributed by atoms with E-state index in [-0.39, 0.29) is 12.2 Å². The molecule has 0 bridgehead atoms. The summed E-state index contributed by atoms with van der Waals surface area (Å²) in [5.74, 6) is 0. The Morgan fingerprint density at radius 2 is 1.21 bits per heavy atom. The molecule has 116 valence electrons. The highest BCUT2D eigenvalue weighted by Crippen LogP contribution is 2.35. The SMILES string of the molecule is CCCC(C)(CCCC(O)CC)CCCC(O)CC. The summed E-state index contributed by atoms with van der Waals surface area (Å²) in [5, 5.41) is 19.3. The lowest BCUT2D eigenvalue weighted by Crippen LogP contribution is -2.18. The first-order valence-corrected chi connectivity index (χ1v) is 8.33. The highest BCUT2D eigenvalue weighted by atomic mass is 16.3. The highest BCUT2D eigenvalue weighted by Gasteiger charge is 2.23. The molecule has 0 saturated heterocycles. The average Bonchev–Trinajstić information content (AvgIpc) is 2.38. The molecule has 0 saturated carbocycles. The third-order valence-corrected chi connectivity index (χ3v) is 4.43. The minimum absolute atomic E-state index is 0.118. The predicted molar refractivity (Wildman–Crippen MR) is 83.3 cm³/mol. The summed E-state index contributed by atoms with van der Waals surface area (Å²) in [6, 6.07) is 0. The third kappa shape index (κ3) is 9.45. The Hall–Kier alpha value is -0.0800. The second-order valence-corrected chi connectivity index (χ2v) is 6.47. The molecule has 0 spiro atoms. The van der Waals surface area contributed by atoms with Gasteiger partial charge in [-0.15, -0.1) is 0 Å². The molecule has 2 unspecified atom stereocenters. The van der Waals surface area contributed by atoms with Crippen LogP contribution in [0, 0.1) is 5.41 Å². The third-order valence-electron chi connectivity index (χ3n) is 4.43. The van der Waals surface area contributed by atoms with Crippen LogP contribution in [0.1, 0.15) is 91.9 Å². The molecule has 0 aliphatic heterocycles. The van der Waals surface area contributed by atoms with Gasteiger partial charge in [0.2, 0.25) is 0 Å². The number of aliphatic hydroxyl groups is 2. The maximum atomic E-state index is 9.63. The first kappa shape index (κ1) is 18.9. The van der Waals surface area contributed by atoms with Crippen LogP contribution in [0.15, 0.2) is 0 Å². The number of hydrogen-bond donors (Lipinski definition) is 2. The zero-order chi connectivity index (χ0) is 14.7. The van der Waals surface area contributed by atoms with E-state index in [4.69, 9.17) is 0 Å². The van der Waals surface area contributed by atoms with Gasteiger partial charge in [0, 0.05) is 0 Å². The number of aliphatic hydroxyl groups excluding tert-OH is 2. The van der Waals surface area contributed by atoms with Crippen LogP contribution in [0.25, 0.3) is 0 Å². The molecule has 0 radical (unpaired) electrons. The Balaban J connectivity index is 4.03. The van der Waals surface area contributed by atoms with Crippen LogP contribution < -0.4 is 0 Å². The lowest BCUT2D eigenvalue weighted by atomic mass is 9.76. The zero-order valence-electron chi connectivity index (χ0n) is 13.6. The van der Waals surface area contributed by atoms with Crippen LogP contribution >= 0.6 is 0 Å². The van der Waals surface area contributed by atoms with E-state index in [1.807, 2.05) is 13.8 Å². The smallest absolute Gasteiger partial charge is 0.0537 e. The standard InChI is InChI=1S/C17H36O2/c1-5-12-17(4,13-8-10-15(18)6-2)14-9-11-16(19)7-3/h15-16,18-19H,5-14H2,1-4H3. The molecular formula is C17H36O2. The van der Waals surface area contributed by atoms with E-state index < -0.39 is 0 Å². The van der Waals surface area contributed by atoms with Crippen molar-refractivity contribution in [3.05, 3.63) is 0 Å². The van der Waals surface area contributed by atoms with Gasteiger partial charge in [0.25, 0.3) is 0 Å². The molecule has 0 aromatic heterocycles. The van der Waals surface area contributed by atoms with Crippen LogP contribution in [-0.4, -0.2) is 22.4 Å². The van der Waals surface area contributed by atoms with Gasteiger partial charge in [-0.25, -0.2) is 0 Å². The van der Waals surface area contributed by atoms with Crippen molar-refractivity contribution >= 4 is 0 Å². The van der Waals surface area contributed by atoms with Gasteiger partial charge >= 0.3 is 0 Å². The van der Waals surface area contributed by atoms with Crippen molar-refractivity contribution < 1.29 is 10.2 Å². The molecule has 2 atom stereocenters. The first-order valence-electron chi connectivity index (χ1n) is 8.33. The molecule has 0 heterocycles. The molecule has 19 heavy (non-hydrogen) atoms. The van der Waals surface area contributed by atoms with Gasteiger partial charge < -0.3 is 10.2 Å². The second kappa shape index (κ2) is 10.7. The van der Waals surface area contributed by atoms with E-state index >= 15 is 0 Å². The van der Waals surface area contributed by atoms with Gasteiger partial charge in [-0.1, -0.05) is 47.0 Å². The van der Waals surface area contributed by atoms with Crippen LogP contribution in [0.5, 0.6) is 0 Å². The highest BCUT2D eigenvalue weighted by molar-refractivity contribution is 4.75. The van der Waals surface area contributed by atoms with E-state index in [0.29, 0.717) is 5.41 Å². The van der Waals surface area contributed by atoms with Crippen molar-refractivity contribution in [1.29, 1.82) is 0 Å². The van der Waals surface area contributed by atoms with Gasteiger partial charge in [0.1, 0.15) is 0 Å². The van der Waals surface area contributed by atoms with Gasteiger partial charge in [0.05, 0.1) is 12.2 Å². The molecule has 0 aliphatic carbocycles. The fourth-order valence-electron chi connectivity index (χ4n) is 2.92. The lowest BCUT2D eigenvalue weighted by Gasteiger charge is -2.30. The first-order chi connectivity index (χ1) is 8.97. The van der Waals surface area contributed by atoms with E-state index in [2.05, 4.69) is 13.8 Å². The summed E-state index contributed by atoms with van der Waals surface area (Å²) in [6.07, 6.45) is 10.5. The number of rotatable bonds is 12. The Kier molecular flexibility index (Phi) is 10.6. The maximum Gasteiger partial charge on any atom is 0.0537 e. The topological polar surface area (TPSA) is 40.5 Å². The lowest BCUT2D eigenvalue weighted by molar-refractivity contribution is 0.133. The van der Waals surface area contributed by atoms with Crippen LogP contribution in [0.4, 0.5) is 0 Å². The van der Waals surface area contributed by atoms with Gasteiger partial charge in [-0.05, 0) is 50.4 Å². The second-order valence-electron chi connectivity index (χ2n) is 6.47. The Morgan fingerprint density at radius 3 is 1.53 bits per heavy atom. The predicted octanol–water partition coefficient (Wildman–Crippen LogP) is 4.68. The van der Waals surface area contributed by atoms with Gasteiger partial charge in [-0.2, -0.15) is 0 Å². The summed E-state index contributed by atoms with van der Waals surface area (Å²) in [7, 11) is 0. The molecule has 0 aliphatic rings. The fraction of sp³-hybridized carbons (Fsp3) is 1.00. The van der Waals surface area contributed by atoms with Crippen LogP contribution in [0.3, 0.4) is 0 Å². The van der Waals surface area contributed by atoms with Crippen LogP contribution in [0.2, 0.25) is 0 Å². The molecular weight excluding hydrogens is 236 g/mol. The summed E-state index contributed by atoms with van der Waals surface area (Å²) in [5.41, 5.74) is 0.398. The van der Waals surface area contributed by atoms with Crippen molar-refractivity contribution in [3.63, 3.8) is 0 Å². The van der Waals surface area contributed by atoms with Gasteiger partial charge in [-0.3, -0.25) is 0 Å². The normalized spacial score (nSPS) is 18.0. The van der Waals surface area contributed by atoms with E-state index in [1.165, 1.54) is 25.7 Å². The van der Waals surface area contributed by atoms with Gasteiger partial charge in [0.15, 0.2) is 0 Å². The average molecular weight is 272 g/mol. The largest absolute Gasteiger partial charge is 0.393 e. The van der Waals surface area contributed by atoms with Crippen molar-refractivity contribution in [1.82, 2.24) is 0 Å². The quantitative estimate of drug-likeness (QED) is 0.542. The molecule has 0 rings (SSSR count). The van der Waals surface area contributed by atoms with Crippen LogP contribution in [-0.2, 0) is 0 Å². The molecule has 0 aromatic rings. The molecule has 0 fully saturated rings. The van der Waals surface area contributed by atoms with Crippen molar-refractivity contribution in [3.8, 4) is 0 Å². The Morgan fingerprint density at radius 1 is 0.789 bits per heavy atom. The minimum atomic E-state index is -0.118. The van der Waals surface area contributed by atoms with E-state index in [1.54, 1.807) is 0 Å².